The molecule has 4 nitrogen and oxygen atoms in total. The van der Waals surface area contributed by atoms with Gasteiger partial charge in [0, 0.05) is 22.3 Å². The molecule has 0 aliphatic carbocycles. The minimum atomic E-state index is 0.348. The second-order valence-corrected chi connectivity index (χ2v) is 5.14. The van der Waals surface area contributed by atoms with Crippen LogP contribution in [-0.2, 0) is 0 Å². The van der Waals surface area contributed by atoms with Gasteiger partial charge in [-0.3, -0.25) is 0 Å². The molecule has 0 unspecified atom stereocenters. The summed E-state index contributed by atoms with van der Waals surface area (Å²) in [6.07, 6.45) is 1.55. The maximum atomic E-state index is 4.19. The Bertz CT molecular complexity index is 511. The van der Waals surface area contributed by atoms with E-state index in [1.165, 1.54) is 0 Å². The van der Waals surface area contributed by atoms with Gasteiger partial charge in [0.15, 0.2) is 0 Å². The van der Waals surface area contributed by atoms with Gasteiger partial charge in [-0.2, -0.15) is 0 Å². The van der Waals surface area contributed by atoms with E-state index in [9.17, 15) is 0 Å². The monoisotopic (exact) mass is 306 g/mol. The molecule has 2 aromatic rings. The predicted molar refractivity (Wildman–Crippen MR) is 78.2 cm³/mol. The Morgan fingerprint density at radius 3 is 2.39 bits per heavy atom. The van der Waals surface area contributed by atoms with E-state index in [0.717, 1.165) is 21.8 Å². The van der Waals surface area contributed by atoms with E-state index >= 15 is 0 Å². The van der Waals surface area contributed by atoms with Crippen LogP contribution in [0.2, 0.25) is 0 Å². The van der Waals surface area contributed by atoms with Gasteiger partial charge in [-0.25, -0.2) is 9.97 Å². The van der Waals surface area contributed by atoms with Gasteiger partial charge in [-0.15, -0.1) is 0 Å². The van der Waals surface area contributed by atoms with Crippen molar-refractivity contribution < 1.29 is 0 Å². The molecule has 0 saturated heterocycles. The van der Waals surface area contributed by atoms with Crippen LogP contribution in [0.1, 0.15) is 13.8 Å². The SMILES string of the molecule is CC(C)Nc1cc(Nc2ccc(Br)cc2)ncn1. The Morgan fingerprint density at radius 2 is 1.72 bits per heavy atom. The molecule has 18 heavy (non-hydrogen) atoms. The molecule has 0 spiro atoms. The van der Waals surface area contributed by atoms with Gasteiger partial charge >= 0.3 is 0 Å². The number of nitrogens with zero attached hydrogens (tertiary/aromatic N) is 2. The van der Waals surface area contributed by atoms with Crippen LogP contribution in [0.15, 0.2) is 41.1 Å². The summed E-state index contributed by atoms with van der Waals surface area (Å²) >= 11 is 3.41. The lowest BCUT2D eigenvalue weighted by Crippen LogP contribution is -2.11. The second kappa shape index (κ2) is 5.82. The summed E-state index contributed by atoms with van der Waals surface area (Å²) in [7, 11) is 0. The van der Waals surface area contributed by atoms with Crippen molar-refractivity contribution in [1.82, 2.24) is 9.97 Å². The largest absolute Gasteiger partial charge is 0.368 e. The van der Waals surface area contributed by atoms with Gasteiger partial charge < -0.3 is 10.6 Å². The highest BCUT2D eigenvalue weighted by Crippen LogP contribution is 2.19. The molecule has 0 radical (unpaired) electrons. The summed E-state index contributed by atoms with van der Waals surface area (Å²) in [6, 6.07) is 10.2. The first-order valence-electron chi connectivity index (χ1n) is 5.74. The highest BCUT2D eigenvalue weighted by atomic mass is 79.9. The van der Waals surface area contributed by atoms with Gasteiger partial charge in [-0.05, 0) is 38.1 Å². The lowest BCUT2D eigenvalue weighted by Gasteiger charge is -2.10. The molecule has 5 heteroatoms. The normalized spacial score (nSPS) is 10.4. The fourth-order valence-electron chi connectivity index (χ4n) is 1.48. The number of hydrogen-bond acceptors (Lipinski definition) is 4. The predicted octanol–water partition coefficient (Wildman–Crippen LogP) is 3.80. The van der Waals surface area contributed by atoms with Crippen LogP contribution in [0.5, 0.6) is 0 Å². The maximum absolute atomic E-state index is 4.19. The summed E-state index contributed by atoms with van der Waals surface area (Å²) in [5.41, 5.74) is 0.993. The highest BCUT2D eigenvalue weighted by molar-refractivity contribution is 9.10. The fourth-order valence-corrected chi connectivity index (χ4v) is 1.75. The van der Waals surface area contributed by atoms with Gasteiger partial charge in [-0.1, -0.05) is 15.9 Å². The zero-order valence-corrected chi connectivity index (χ0v) is 11.9. The molecule has 94 valence electrons. The third-order valence-corrected chi connectivity index (χ3v) is 2.75. The Balaban J connectivity index is 2.11. The molecule has 0 aliphatic rings. The molecular formula is C13H15BrN4. The van der Waals surface area contributed by atoms with E-state index in [2.05, 4.69) is 50.4 Å². The number of rotatable bonds is 4. The number of benzene rings is 1. The number of hydrogen-bond donors (Lipinski definition) is 2. The van der Waals surface area contributed by atoms with Crippen LogP contribution in [0.25, 0.3) is 0 Å². The summed E-state index contributed by atoms with van der Waals surface area (Å²) in [5.74, 6) is 1.59. The molecule has 1 aromatic carbocycles. The molecule has 1 aromatic heterocycles. The Hall–Kier alpha value is -1.62. The van der Waals surface area contributed by atoms with Crippen LogP contribution >= 0.6 is 15.9 Å². The molecule has 0 fully saturated rings. The van der Waals surface area contributed by atoms with Crippen LogP contribution < -0.4 is 10.6 Å². The molecule has 0 aliphatic heterocycles. The van der Waals surface area contributed by atoms with Crippen LogP contribution in [0.4, 0.5) is 17.3 Å². The summed E-state index contributed by atoms with van der Waals surface area (Å²) in [4.78, 5) is 8.36. The fraction of sp³-hybridized carbons (Fsp3) is 0.231. The van der Waals surface area contributed by atoms with Crippen molar-refractivity contribution in [3.8, 4) is 0 Å². The Kier molecular flexibility index (Phi) is 4.15. The highest BCUT2D eigenvalue weighted by Gasteiger charge is 2.00. The lowest BCUT2D eigenvalue weighted by atomic mass is 10.3. The second-order valence-electron chi connectivity index (χ2n) is 4.22. The Morgan fingerprint density at radius 1 is 1.06 bits per heavy atom. The van der Waals surface area contributed by atoms with Crippen molar-refractivity contribution in [2.75, 3.05) is 10.6 Å². The average Bonchev–Trinajstić information content (AvgIpc) is 2.32. The van der Waals surface area contributed by atoms with E-state index < -0.39 is 0 Å². The number of halogens is 1. The van der Waals surface area contributed by atoms with Gasteiger partial charge in [0.1, 0.15) is 18.0 Å². The van der Waals surface area contributed by atoms with Crippen molar-refractivity contribution in [2.45, 2.75) is 19.9 Å². The van der Waals surface area contributed by atoms with Gasteiger partial charge in [0.05, 0.1) is 0 Å². The van der Waals surface area contributed by atoms with Crippen molar-refractivity contribution in [2.24, 2.45) is 0 Å². The first-order chi connectivity index (χ1) is 8.63. The average molecular weight is 307 g/mol. The third kappa shape index (κ3) is 3.70. The minimum absolute atomic E-state index is 0.348. The lowest BCUT2D eigenvalue weighted by molar-refractivity contribution is 0.886. The molecular weight excluding hydrogens is 292 g/mol. The Labute approximate surface area is 115 Å². The quantitative estimate of drug-likeness (QED) is 0.902. The van der Waals surface area contributed by atoms with E-state index in [4.69, 9.17) is 0 Å². The molecule has 0 amide bonds. The van der Waals surface area contributed by atoms with Crippen molar-refractivity contribution >= 4 is 33.3 Å². The van der Waals surface area contributed by atoms with Crippen molar-refractivity contribution in [3.63, 3.8) is 0 Å². The van der Waals surface area contributed by atoms with E-state index in [0.29, 0.717) is 6.04 Å². The summed E-state index contributed by atoms with van der Waals surface area (Å²) < 4.78 is 1.05. The van der Waals surface area contributed by atoms with Crippen molar-refractivity contribution in [1.29, 1.82) is 0 Å². The summed E-state index contributed by atoms with van der Waals surface area (Å²) in [6.45, 7) is 4.15. The van der Waals surface area contributed by atoms with Crippen LogP contribution in [0.3, 0.4) is 0 Å². The maximum Gasteiger partial charge on any atom is 0.135 e. The first-order valence-corrected chi connectivity index (χ1v) is 6.54. The number of nitrogens with one attached hydrogen (secondary N) is 2. The standard InChI is InChI=1S/C13H15BrN4/c1-9(2)17-12-7-13(16-8-15-12)18-11-5-3-10(14)4-6-11/h3-9H,1-2H3,(H2,15,16,17,18). The van der Waals surface area contributed by atoms with E-state index in [-0.39, 0.29) is 0 Å². The molecule has 0 atom stereocenters. The van der Waals surface area contributed by atoms with Gasteiger partial charge in [0.25, 0.3) is 0 Å². The minimum Gasteiger partial charge on any atom is -0.368 e. The molecule has 1 heterocycles. The zero-order valence-electron chi connectivity index (χ0n) is 10.3. The van der Waals surface area contributed by atoms with E-state index in [1.807, 2.05) is 30.3 Å². The molecule has 0 saturated carbocycles. The topological polar surface area (TPSA) is 49.8 Å². The zero-order chi connectivity index (χ0) is 13.0. The molecule has 0 bridgehead atoms. The molecule has 2 N–H and O–H groups in total. The molecule has 2 rings (SSSR count). The van der Waals surface area contributed by atoms with Crippen LogP contribution in [0, 0.1) is 0 Å². The van der Waals surface area contributed by atoms with Crippen molar-refractivity contribution in [3.05, 3.63) is 41.1 Å². The number of anilines is 3. The third-order valence-electron chi connectivity index (χ3n) is 2.22. The smallest absolute Gasteiger partial charge is 0.135 e. The van der Waals surface area contributed by atoms with Crippen LogP contribution in [-0.4, -0.2) is 16.0 Å². The van der Waals surface area contributed by atoms with E-state index in [1.54, 1.807) is 6.33 Å². The number of aromatic nitrogens is 2. The first kappa shape index (κ1) is 12.8. The van der Waals surface area contributed by atoms with Gasteiger partial charge in [0.2, 0.25) is 0 Å². The summed E-state index contributed by atoms with van der Waals surface area (Å²) in [5, 5.41) is 6.47.